The standard InChI is InChI=1S/C20H25F2N5O3S/c1-15(20-23-12-17(22)13-24-20)11-19(25(2)14-28)31(29,30)27-9-7-26(8-10-27)18-5-3-16(21)4-6-18/h3-6,12-15,19H,7-11H2,1-2H3/t15-,19+/m0/s1. The Balaban J connectivity index is 1.72. The molecule has 2 aromatic rings. The molecule has 0 saturated carbocycles. The molecule has 0 bridgehead atoms. The summed E-state index contributed by atoms with van der Waals surface area (Å²) in [4.78, 5) is 22.4. The zero-order valence-electron chi connectivity index (χ0n) is 17.4. The van der Waals surface area contributed by atoms with Crippen molar-refractivity contribution in [2.24, 2.45) is 0 Å². The highest BCUT2D eigenvalue weighted by Crippen LogP contribution is 2.26. The predicted octanol–water partition coefficient (Wildman–Crippen LogP) is 1.81. The number of rotatable bonds is 8. The third-order valence-corrected chi connectivity index (χ3v) is 7.69. The van der Waals surface area contributed by atoms with Gasteiger partial charge in [0.25, 0.3) is 0 Å². The Labute approximate surface area is 180 Å². The molecule has 1 saturated heterocycles. The van der Waals surface area contributed by atoms with Crippen LogP contribution in [0.2, 0.25) is 0 Å². The maximum Gasteiger partial charge on any atom is 0.235 e. The molecule has 1 aromatic heterocycles. The minimum Gasteiger partial charge on any atom is -0.369 e. The zero-order chi connectivity index (χ0) is 22.6. The fourth-order valence-corrected chi connectivity index (χ4v) is 5.59. The van der Waals surface area contributed by atoms with Gasteiger partial charge in [0.1, 0.15) is 17.0 Å². The first-order chi connectivity index (χ1) is 14.7. The minimum atomic E-state index is -3.85. The van der Waals surface area contributed by atoms with Gasteiger partial charge in [-0.1, -0.05) is 6.92 Å². The van der Waals surface area contributed by atoms with Crippen LogP contribution in [0.15, 0.2) is 36.7 Å². The third kappa shape index (κ3) is 5.34. The zero-order valence-corrected chi connectivity index (χ0v) is 18.2. The van der Waals surface area contributed by atoms with Crippen molar-refractivity contribution < 1.29 is 22.0 Å². The highest BCUT2D eigenvalue weighted by molar-refractivity contribution is 7.89. The molecule has 1 aromatic carbocycles. The lowest BCUT2D eigenvalue weighted by Gasteiger charge is -2.38. The van der Waals surface area contributed by atoms with Gasteiger partial charge in [-0.25, -0.2) is 27.2 Å². The number of hydrogen-bond donors (Lipinski definition) is 0. The molecule has 8 nitrogen and oxygen atoms in total. The summed E-state index contributed by atoms with van der Waals surface area (Å²) in [5.74, 6) is -1.02. The molecular weight excluding hydrogens is 428 g/mol. The number of nitrogens with zero attached hydrogens (tertiary/aromatic N) is 5. The topological polar surface area (TPSA) is 86.7 Å². The quantitative estimate of drug-likeness (QED) is 0.567. The fourth-order valence-electron chi connectivity index (χ4n) is 3.58. The van der Waals surface area contributed by atoms with Gasteiger partial charge < -0.3 is 9.80 Å². The molecule has 168 valence electrons. The van der Waals surface area contributed by atoms with E-state index in [0.29, 0.717) is 25.3 Å². The molecule has 0 N–H and O–H groups in total. The summed E-state index contributed by atoms with van der Waals surface area (Å²) in [5.41, 5.74) is 0.821. The monoisotopic (exact) mass is 453 g/mol. The summed E-state index contributed by atoms with van der Waals surface area (Å²) >= 11 is 0. The number of halogens is 2. The number of anilines is 1. The first-order valence-electron chi connectivity index (χ1n) is 9.86. The first-order valence-corrected chi connectivity index (χ1v) is 11.4. The third-order valence-electron chi connectivity index (χ3n) is 5.39. The van der Waals surface area contributed by atoms with Gasteiger partial charge >= 0.3 is 0 Å². The second kappa shape index (κ2) is 9.65. The molecule has 2 heterocycles. The highest BCUT2D eigenvalue weighted by Gasteiger charge is 2.38. The van der Waals surface area contributed by atoms with Crippen LogP contribution >= 0.6 is 0 Å². The Morgan fingerprint density at radius 3 is 2.19 bits per heavy atom. The highest BCUT2D eigenvalue weighted by atomic mass is 32.2. The normalized spacial score (nSPS) is 17.2. The van der Waals surface area contributed by atoms with Crippen molar-refractivity contribution >= 4 is 22.1 Å². The minimum absolute atomic E-state index is 0.0708. The number of aromatic nitrogens is 2. The number of piperazine rings is 1. The molecule has 31 heavy (non-hydrogen) atoms. The summed E-state index contributed by atoms with van der Waals surface area (Å²) in [6.07, 6.45) is 2.61. The first kappa shape index (κ1) is 23.0. The van der Waals surface area contributed by atoms with Gasteiger partial charge in [0, 0.05) is 44.8 Å². The Morgan fingerprint density at radius 2 is 1.65 bits per heavy atom. The molecule has 0 spiro atoms. The molecule has 1 amide bonds. The molecule has 2 atom stereocenters. The maximum absolute atomic E-state index is 13.4. The molecule has 0 unspecified atom stereocenters. The molecule has 1 aliphatic heterocycles. The van der Waals surface area contributed by atoms with Gasteiger partial charge in [-0.05, 0) is 30.7 Å². The molecular formula is C20H25F2N5O3S. The van der Waals surface area contributed by atoms with Crippen LogP contribution in [0.3, 0.4) is 0 Å². The van der Waals surface area contributed by atoms with Crippen LogP contribution in [-0.4, -0.2) is 72.6 Å². The van der Waals surface area contributed by atoms with E-state index in [1.165, 1.54) is 23.5 Å². The van der Waals surface area contributed by atoms with Crippen molar-refractivity contribution in [3.05, 3.63) is 54.1 Å². The Bertz CT molecular complexity index is 981. The summed E-state index contributed by atoms with van der Waals surface area (Å²) in [6.45, 7) is 3.10. The Kier molecular flexibility index (Phi) is 7.16. The van der Waals surface area contributed by atoms with E-state index >= 15 is 0 Å². The van der Waals surface area contributed by atoms with Crippen molar-refractivity contribution in [3.8, 4) is 0 Å². The van der Waals surface area contributed by atoms with Gasteiger partial charge in [0.15, 0.2) is 5.82 Å². The predicted molar refractivity (Wildman–Crippen MR) is 112 cm³/mol. The number of benzene rings is 1. The number of amides is 1. The van der Waals surface area contributed by atoms with E-state index in [2.05, 4.69) is 9.97 Å². The summed E-state index contributed by atoms with van der Waals surface area (Å²) in [7, 11) is -2.43. The average molecular weight is 454 g/mol. The number of sulfonamides is 1. The Morgan fingerprint density at radius 1 is 1.06 bits per heavy atom. The van der Waals surface area contributed by atoms with Crippen molar-refractivity contribution in [2.45, 2.75) is 24.6 Å². The van der Waals surface area contributed by atoms with Crippen LogP contribution < -0.4 is 4.90 Å². The lowest BCUT2D eigenvalue weighted by molar-refractivity contribution is -0.117. The van der Waals surface area contributed by atoms with Crippen LogP contribution in [-0.2, 0) is 14.8 Å². The molecule has 1 aliphatic rings. The van der Waals surface area contributed by atoms with Gasteiger partial charge in [-0.2, -0.15) is 4.31 Å². The van der Waals surface area contributed by atoms with E-state index in [1.54, 1.807) is 19.1 Å². The summed E-state index contributed by atoms with van der Waals surface area (Å²) < 4.78 is 54.3. The molecule has 1 fully saturated rings. The molecule has 3 rings (SSSR count). The van der Waals surface area contributed by atoms with Crippen LogP contribution in [0.1, 0.15) is 25.1 Å². The van der Waals surface area contributed by atoms with Crippen molar-refractivity contribution in [1.82, 2.24) is 19.2 Å². The van der Waals surface area contributed by atoms with Crippen LogP contribution in [0.4, 0.5) is 14.5 Å². The van der Waals surface area contributed by atoms with E-state index in [0.717, 1.165) is 23.0 Å². The Hall–Kier alpha value is -2.66. The van der Waals surface area contributed by atoms with Gasteiger partial charge in [0.05, 0.1) is 12.4 Å². The number of carbonyl (C=O) groups excluding carboxylic acids is 1. The molecule has 0 radical (unpaired) electrons. The van der Waals surface area contributed by atoms with Gasteiger partial charge in [-0.15, -0.1) is 0 Å². The van der Waals surface area contributed by atoms with E-state index in [4.69, 9.17) is 0 Å². The van der Waals surface area contributed by atoms with E-state index in [9.17, 15) is 22.0 Å². The van der Waals surface area contributed by atoms with Gasteiger partial charge in [-0.3, -0.25) is 4.79 Å². The van der Waals surface area contributed by atoms with Crippen molar-refractivity contribution in [2.75, 3.05) is 38.1 Å². The van der Waals surface area contributed by atoms with E-state index in [-0.39, 0.29) is 25.3 Å². The smallest absolute Gasteiger partial charge is 0.235 e. The van der Waals surface area contributed by atoms with E-state index < -0.39 is 27.1 Å². The molecule has 0 aliphatic carbocycles. The second-order valence-electron chi connectivity index (χ2n) is 7.53. The second-order valence-corrected chi connectivity index (χ2v) is 9.62. The van der Waals surface area contributed by atoms with Crippen molar-refractivity contribution in [3.63, 3.8) is 0 Å². The lowest BCUT2D eigenvalue weighted by atomic mass is 10.1. The largest absolute Gasteiger partial charge is 0.369 e. The SMILES string of the molecule is C[C@@H](C[C@H](N(C)C=O)S(=O)(=O)N1CCN(c2ccc(F)cc2)CC1)c1ncc(F)cn1. The lowest BCUT2D eigenvalue weighted by Crippen LogP contribution is -2.54. The van der Waals surface area contributed by atoms with Gasteiger partial charge in [0.2, 0.25) is 16.4 Å². The fraction of sp³-hybridized carbons (Fsp3) is 0.450. The number of carbonyl (C=O) groups is 1. The number of hydrogen-bond acceptors (Lipinski definition) is 6. The maximum atomic E-state index is 13.4. The summed E-state index contributed by atoms with van der Waals surface area (Å²) in [5, 5.41) is -1.11. The van der Waals surface area contributed by atoms with Crippen molar-refractivity contribution in [1.29, 1.82) is 0 Å². The van der Waals surface area contributed by atoms with Crippen LogP contribution in [0.25, 0.3) is 0 Å². The van der Waals surface area contributed by atoms with E-state index in [1.807, 2.05) is 4.90 Å². The molecule has 11 heteroatoms. The van der Waals surface area contributed by atoms with Crippen LogP contribution in [0, 0.1) is 11.6 Å². The average Bonchev–Trinajstić information content (AvgIpc) is 2.77. The van der Waals surface area contributed by atoms with Crippen LogP contribution in [0.5, 0.6) is 0 Å². The summed E-state index contributed by atoms with van der Waals surface area (Å²) in [6, 6.07) is 6.05.